The van der Waals surface area contributed by atoms with Gasteiger partial charge in [-0.25, -0.2) is 4.39 Å². The molecular formula is C30H30FNO3. The van der Waals surface area contributed by atoms with Gasteiger partial charge < -0.3 is 19.5 Å². The Morgan fingerprint density at radius 2 is 1.71 bits per heavy atom. The van der Waals surface area contributed by atoms with Crippen molar-refractivity contribution in [2.45, 2.75) is 44.8 Å². The molecule has 1 heterocycles. The van der Waals surface area contributed by atoms with Gasteiger partial charge in [-0.3, -0.25) is 0 Å². The first-order valence-corrected chi connectivity index (χ1v) is 11.9. The molecule has 0 radical (unpaired) electrons. The molecule has 5 rings (SSSR count). The summed E-state index contributed by atoms with van der Waals surface area (Å²) in [6, 6.07) is 27.2. The van der Waals surface area contributed by atoms with Crippen LogP contribution in [0.15, 0.2) is 84.9 Å². The largest absolute Gasteiger partial charge is 0.485 e. The predicted octanol–water partition coefficient (Wildman–Crippen LogP) is 7.03. The Morgan fingerprint density at radius 1 is 0.886 bits per heavy atom. The molecule has 5 heteroatoms. The number of fused-ring (bicyclic) bond motifs is 2. The predicted molar refractivity (Wildman–Crippen MR) is 137 cm³/mol. The van der Waals surface area contributed by atoms with E-state index in [1.807, 2.05) is 50.2 Å². The highest BCUT2D eigenvalue weighted by molar-refractivity contribution is 5.82. The second-order valence-electron chi connectivity index (χ2n) is 9.51. The average Bonchev–Trinajstić information content (AvgIpc) is 2.85. The summed E-state index contributed by atoms with van der Waals surface area (Å²) in [5.74, 6) is 0.542. The first kappa shape index (κ1) is 23.3. The minimum Gasteiger partial charge on any atom is -0.485 e. The van der Waals surface area contributed by atoms with Crippen molar-refractivity contribution in [2.75, 3.05) is 12.4 Å². The zero-order valence-corrected chi connectivity index (χ0v) is 20.3. The minimum absolute atomic E-state index is 0.240. The fraction of sp³-hybridized carbons (Fsp3) is 0.267. The zero-order valence-electron chi connectivity index (χ0n) is 20.3. The smallest absolute Gasteiger partial charge is 0.132 e. The van der Waals surface area contributed by atoms with Crippen LogP contribution in [0.25, 0.3) is 10.8 Å². The molecule has 2 atom stereocenters. The van der Waals surface area contributed by atoms with Gasteiger partial charge >= 0.3 is 0 Å². The van der Waals surface area contributed by atoms with E-state index in [9.17, 15) is 4.39 Å². The van der Waals surface area contributed by atoms with Crippen molar-refractivity contribution < 1.29 is 18.6 Å². The van der Waals surface area contributed by atoms with Gasteiger partial charge in [0, 0.05) is 24.9 Å². The van der Waals surface area contributed by atoms with Gasteiger partial charge in [-0.15, -0.1) is 0 Å². The maximum atomic E-state index is 13.5. The molecule has 180 valence electrons. The van der Waals surface area contributed by atoms with Crippen molar-refractivity contribution in [3.05, 3.63) is 107 Å². The summed E-state index contributed by atoms with van der Waals surface area (Å²) in [4.78, 5) is 0. The molecule has 0 fully saturated rings. The summed E-state index contributed by atoms with van der Waals surface area (Å²) >= 11 is 0. The number of anilines is 1. The van der Waals surface area contributed by atoms with E-state index in [2.05, 4.69) is 35.6 Å². The number of hydrogen-bond donors (Lipinski definition) is 1. The van der Waals surface area contributed by atoms with Crippen molar-refractivity contribution in [1.82, 2.24) is 0 Å². The molecule has 0 saturated heterocycles. The van der Waals surface area contributed by atoms with Crippen LogP contribution in [-0.4, -0.2) is 18.8 Å². The van der Waals surface area contributed by atoms with E-state index >= 15 is 0 Å². The van der Waals surface area contributed by atoms with Crippen molar-refractivity contribution in [1.29, 1.82) is 0 Å². The standard InChI is InChI=1S/C30H30FNO3/c1-30(2)29(34-19-21-11-12-22-8-4-5-9-23(22)15-21)28(33-3)26-17-25(13-14-27(26)35-30)32-18-20-7-6-10-24(31)16-20/h4-17,28-29,32H,18-19H2,1-3H3. The molecule has 0 spiro atoms. The first-order valence-electron chi connectivity index (χ1n) is 11.9. The number of methoxy groups -OCH3 is 1. The molecule has 0 aliphatic carbocycles. The fourth-order valence-corrected chi connectivity index (χ4v) is 4.75. The Hall–Kier alpha value is -3.41. The number of ether oxygens (including phenoxy) is 3. The average molecular weight is 472 g/mol. The lowest BCUT2D eigenvalue weighted by molar-refractivity contribution is -0.159. The van der Waals surface area contributed by atoms with E-state index in [-0.39, 0.29) is 18.0 Å². The van der Waals surface area contributed by atoms with Gasteiger partial charge in [-0.2, -0.15) is 0 Å². The Morgan fingerprint density at radius 3 is 2.51 bits per heavy atom. The van der Waals surface area contributed by atoms with Crippen LogP contribution in [0.1, 0.15) is 36.6 Å². The van der Waals surface area contributed by atoms with Crippen LogP contribution in [0, 0.1) is 5.82 Å². The first-order chi connectivity index (χ1) is 16.9. The molecule has 1 aliphatic rings. The Bertz CT molecular complexity index is 1340. The lowest BCUT2D eigenvalue weighted by Gasteiger charge is -2.44. The molecule has 4 nitrogen and oxygen atoms in total. The van der Waals surface area contributed by atoms with Crippen molar-refractivity contribution in [2.24, 2.45) is 0 Å². The van der Waals surface area contributed by atoms with Crippen LogP contribution in [0.2, 0.25) is 0 Å². The highest BCUT2D eigenvalue weighted by Crippen LogP contribution is 2.44. The molecule has 2 unspecified atom stereocenters. The van der Waals surface area contributed by atoms with Crippen LogP contribution in [-0.2, 0) is 22.6 Å². The fourth-order valence-electron chi connectivity index (χ4n) is 4.75. The van der Waals surface area contributed by atoms with Crippen molar-refractivity contribution in [3.8, 4) is 5.75 Å². The van der Waals surface area contributed by atoms with Crippen LogP contribution in [0.4, 0.5) is 10.1 Å². The van der Waals surface area contributed by atoms with Gasteiger partial charge in [0.25, 0.3) is 0 Å². The normalized spacial score (nSPS) is 18.6. The molecule has 0 saturated carbocycles. The van der Waals surface area contributed by atoms with Gasteiger partial charge in [0.15, 0.2) is 0 Å². The van der Waals surface area contributed by atoms with Crippen LogP contribution < -0.4 is 10.1 Å². The Labute approximate surface area is 205 Å². The van der Waals surface area contributed by atoms with Crippen LogP contribution in [0.5, 0.6) is 5.75 Å². The zero-order chi connectivity index (χ0) is 24.4. The molecule has 0 bridgehead atoms. The monoisotopic (exact) mass is 471 g/mol. The van der Waals surface area contributed by atoms with Crippen molar-refractivity contribution in [3.63, 3.8) is 0 Å². The molecule has 35 heavy (non-hydrogen) atoms. The second-order valence-corrected chi connectivity index (χ2v) is 9.51. The second kappa shape index (κ2) is 9.68. The van der Waals surface area contributed by atoms with E-state index in [1.165, 1.54) is 22.9 Å². The van der Waals surface area contributed by atoms with Gasteiger partial charge in [-0.05, 0) is 72.1 Å². The van der Waals surface area contributed by atoms with E-state index in [0.29, 0.717) is 13.2 Å². The van der Waals surface area contributed by atoms with Gasteiger partial charge in [0.1, 0.15) is 29.4 Å². The molecular weight excluding hydrogens is 441 g/mol. The number of hydrogen-bond acceptors (Lipinski definition) is 4. The highest BCUT2D eigenvalue weighted by atomic mass is 19.1. The summed E-state index contributed by atoms with van der Waals surface area (Å²) in [7, 11) is 1.70. The SMILES string of the molecule is COC1c2cc(NCc3cccc(F)c3)ccc2OC(C)(C)C1OCc1ccc2ccccc2c1. The van der Waals surface area contributed by atoms with Gasteiger partial charge in [-0.1, -0.05) is 48.5 Å². The third-order valence-corrected chi connectivity index (χ3v) is 6.53. The van der Waals surface area contributed by atoms with E-state index in [4.69, 9.17) is 14.2 Å². The lowest BCUT2D eigenvalue weighted by Crippen LogP contribution is -2.50. The van der Waals surface area contributed by atoms with Gasteiger partial charge in [0.2, 0.25) is 0 Å². The van der Waals surface area contributed by atoms with Gasteiger partial charge in [0.05, 0.1) is 6.61 Å². The highest BCUT2D eigenvalue weighted by Gasteiger charge is 2.45. The molecule has 1 N–H and O–H groups in total. The summed E-state index contributed by atoms with van der Waals surface area (Å²) in [6.45, 7) is 5.03. The third-order valence-electron chi connectivity index (χ3n) is 6.53. The Balaban J connectivity index is 1.35. The van der Waals surface area contributed by atoms with Crippen LogP contribution >= 0.6 is 0 Å². The maximum absolute atomic E-state index is 13.5. The number of halogens is 1. The molecule has 0 amide bonds. The quantitative estimate of drug-likeness (QED) is 0.314. The summed E-state index contributed by atoms with van der Waals surface area (Å²) in [5.41, 5.74) is 3.23. The van der Waals surface area contributed by atoms with E-state index in [0.717, 1.165) is 28.1 Å². The topological polar surface area (TPSA) is 39.7 Å². The van der Waals surface area contributed by atoms with E-state index in [1.54, 1.807) is 13.2 Å². The number of benzene rings is 4. The molecule has 4 aromatic carbocycles. The molecule has 4 aromatic rings. The molecule has 1 aliphatic heterocycles. The minimum atomic E-state index is -0.582. The summed E-state index contributed by atoms with van der Waals surface area (Å²) in [5, 5.41) is 5.77. The number of nitrogens with one attached hydrogen (secondary N) is 1. The number of rotatable bonds is 7. The van der Waals surface area contributed by atoms with E-state index < -0.39 is 5.60 Å². The van der Waals surface area contributed by atoms with Crippen molar-refractivity contribution >= 4 is 16.5 Å². The summed E-state index contributed by atoms with van der Waals surface area (Å²) in [6.07, 6.45) is -0.616. The van der Waals surface area contributed by atoms with Crippen LogP contribution in [0.3, 0.4) is 0 Å². The maximum Gasteiger partial charge on any atom is 0.132 e. The Kier molecular flexibility index (Phi) is 6.46. The third kappa shape index (κ3) is 5.02. The summed E-state index contributed by atoms with van der Waals surface area (Å²) < 4.78 is 32.3. The molecule has 0 aromatic heterocycles. The lowest BCUT2D eigenvalue weighted by atomic mass is 9.88.